The van der Waals surface area contributed by atoms with Gasteiger partial charge in [-0.25, -0.2) is 4.68 Å². The number of piperazine rings is 1. The monoisotopic (exact) mass is 346 g/mol. The number of hydrogen-bond donors (Lipinski definition) is 0. The van der Waals surface area contributed by atoms with Gasteiger partial charge in [-0.2, -0.15) is 5.10 Å². The van der Waals surface area contributed by atoms with Crippen molar-refractivity contribution in [2.24, 2.45) is 0 Å². The molecule has 6 nitrogen and oxygen atoms in total. The van der Waals surface area contributed by atoms with Gasteiger partial charge in [-0.1, -0.05) is 17.7 Å². The molecule has 1 saturated heterocycles. The molecule has 7 heteroatoms. The van der Waals surface area contributed by atoms with Crippen LogP contribution in [-0.4, -0.2) is 46.8 Å². The summed E-state index contributed by atoms with van der Waals surface area (Å²) in [6.07, 6.45) is 0. The van der Waals surface area contributed by atoms with E-state index in [9.17, 15) is 9.59 Å². The molecule has 0 aliphatic carbocycles. The first kappa shape index (κ1) is 16.5. The quantitative estimate of drug-likeness (QED) is 0.846. The van der Waals surface area contributed by atoms with Gasteiger partial charge in [0.1, 0.15) is 6.54 Å². The van der Waals surface area contributed by atoms with Crippen molar-refractivity contribution < 1.29 is 4.79 Å². The Hall–Kier alpha value is -2.34. The van der Waals surface area contributed by atoms with E-state index in [2.05, 4.69) is 10.00 Å². The minimum Gasteiger partial charge on any atom is -0.368 e. The number of aromatic nitrogens is 2. The third kappa shape index (κ3) is 3.76. The van der Waals surface area contributed by atoms with Crippen molar-refractivity contribution in [3.8, 4) is 0 Å². The van der Waals surface area contributed by atoms with Crippen molar-refractivity contribution in [1.82, 2.24) is 14.7 Å². The van der Waals surface area contributed by atoms with Crippen LogP contribution in [0.15, 0.2) is 41.2 Å². The number of rotatable bonds is 3. The first-order valence-electron chi connectivity index (χ1n) is 7.86. The Balaban J connectivity index is 1.61. The second-order valence-corrected chi connectivity index (χ2v) is 6.25. The maximum absolute atomic E-state index is 12.4. The number of aryl methyl sites for hydroxylation is 1. The van der Waals surface area contributed by atoms with Crippen molar-refractivity contribution in [2.75, 3.05) is 31.1 Å². The summed E-state index contributed by atoms with van der Waals surface area (Å²) in [7, 11) is 0. The van der Waals surface area contributed by atoms with Gasteiger partial charge >= 0.3 is 0 Å². The Morgan fingerprint density at radius 3 is 2.62 bits per heavy atom. The van der Waals surface area contributed by atoms with Crippen LogP contribution in [0.2, 0.25) is 5.02 Å². The molecule has 1 aromatic carbocycles. The van der Waals surface area contributed by atoms with Crippen LogP contribution >= 0.6 is 11.6 Å². The molecule has 2 heterocycles. The van der Waals surface area contributed by atoms with Crippen LogP contribution in [0.1, 0.15) is 5.69 Å². The van der Waals surface area contributed by atoms with Crippen molar-refractivity contribution in [3.63, 3.8) is 0 Å². The van der Waals surface area contributed by atoms with E-state index in [1.165, 1.54) is 10.7 Å². The van der Waals surface area contributed by atoms with E-state index in [-0.39, 0.29) is 18.0 Å². The molecule has 0 radical (unpaired) electrons. The first-order valence-corrected chi connectivity index (χ1v) is 8.24. The van der Waals surface area contributed by atoms with Gasteiger partial charge in [0.2, 0.25) is 5.91 Å². The molecule has 0 saturated carbocycles. The predicted molar refractivity (Wildman–Crippen MR) is 93.5 cm³/mol. The highest BCUT2D eigenvalue weighted by atomic mass is 35.5. The lowest BCUT2D eigenvalue weighted by Gasteiger charge is -2.36. The lowest BCUT2D eigenvalue weighted by molar-refractivity contribution is -0.132. The van der Waals surface area contributed by atoms with Crippen molar-refractivity contribution in [3.05, 3.63) is 57.5 Å². The topological polar surface area (TPSA) is 58.4 Å². The fourth-order valence-electron chi connectivity index (χ4n) is 2.78. The van der Waals surface area contributed by atoms with Crippen LogP contribution in [0.4, 0.5) is 5.69 Å². The highest BCUT2D eigenvalue weighted by molar-refractivity contribution is 6.30. The van der Waals surface area contributed by atoms with Gasteiger partial charge in [-0.15, -0.1) is 0 Å². The Kier molecular flexibility index (Phi) is 4.85. The summed E-state index contributed by atoms with van der Waals surface area (Å²) in [6, 6.07) is 10.8. The molecule has 2 aromatic rings. The largest absolute Gasteiger partial charge is 0.368 e. The maximum atomic E-state index is 12.4. The second kappa shape index (κ2) is 7.05. The standard InChI is InChI=1S/C17H19ClN4O2/c1-13-5-6-16(23)22(19-13)12-17(24)21-9-7-20(8-10-21)15-4-2-3-14(18)11-15/h2-6,11H,7-10,12H2,1H3. The van der Waals surface area contributed by atoms with Gasteiger partial charge in [-0.05, 0) is 31.2 Å². The van der Waals surface area contributed by atoms with Crippen LogP contribution in [0.5, 0.6) is 0 Å². The van der Waals surface area contributed by atoms with Crippen LogP contribution in [0.3, 0.4) is 0 Å². The minimum atomic E-state index is -0.258. The first-order chi connectivity index (χ1) is 11.5. The van der Waals surface area contributed by atoms with E-state index in [4.69, 9.17) is 11.6 Å². The molecule has 1 aliphatic heterocycles. The SMILES string of the molecule is Cc1ccc(=O)n(CC(=O)N2CCN(c3cccc(Cl)c3)CC2)n1. The predicted octanol–water partition coefficient (Wildman–Crippen LogP) is 1.55. The maximum Gasteiger partial charge on any atom is 0.267 e. The molecular formula is C17H19ClN4O2. The lowest BCUT2D eigenvalue weighted by Crippen LogP contribution is -2.50. The second-order valence-electron chi connectivity index (χ2n) is 5.82. The third-order valence-corrected chi connectivity index (χ3v) is 4.33. The van der Waals surface area contributed by atoms with Crippen molar-refractivity contribution >= 4 is 23.2 Å². The number of hydrogen-bond acceptors (Lipinski definition) is 4. The molecule has 0 spiro atoms. The molecular weight excluding hydrogens is 328 g/mol. The summed E-state index contributed by atoms with van der Waals surface area (Å²) in [5.74, 6) is -0.0825. The fraction of sp³-hybridized carbons (Fsp3) is 0.353. The lowest BCUT2D eigenvalue weighted by atomic mass is 10.2. The molecule has 1 fully saturated rings. The molecule has 1 aliphatic rings. The molecule has 24 heavy (non-hydrogen) atoms. The van der Waals surface area contributed by atoms with E-state index in [0.717, 1.165) is 18.8 Å². The van der Waals surface area contributed by atoms with E-state index in [0.29, 0.717) is 23.8 Å². The number of carbonyl (C=O) groups is 1. The number of benzene rings is 1. The Morgan fingerprint density at radius 2 is 1.92 bits per heavy atom. The van der Waals surface area contributed by atoms with Crippen LogP contribution in [-0.2, 0) is 11.3 Å². The normalized spacial score (nSPS) is 14.8. The van der Waals surface area contributed by atoms with Crippen molar-refractivity contribution in [2.45, 2.75) is 13.5 Å². The van der Waals surface area contributed by atoms with E-state index >= 15 is 0 Å². The summed E-state index contributed by atoms with van der Waals surface area (Å²) in [6.45, 7) is 4.49. The minimum absolute atomic E-state index is 0.0162. The molecule has 0 atom stereocenters. The van der Waals surface area contributed by atoms with Gasteiger partial charge < -0.3 is 9.80 Å². The molecule has 1 amide bonds. The molecule has 0 bridgehead atoms. The Labute approximate surface area is 145 Å². The molecule has 0 unspecified atom stereocenters. The summed E-state index contributed by atoms with van der Waals surface area (Å²) in [5.41, 5.74) is 1.52. The fourth-order valence-corrected chi connectivity index (χ4v) is 2.96. The van der Waals surface area contributed by atoms with Crippen LogP contribution < -0.4 is 10.5 Å². The van der Waals surface area contributed by atoms with Gasteiger partial charge in [-0.3, -0.25) is 9.59 Å². The third-order valence-electron chi connectivity index (χ3n) is 4.09. The zero-order valence-corrected chi connectivity index (χ0v) is 14.2. The molecule has 1 aromatic heterocycles. The zero-order valence-electron chi connectivity index (χ0n) is 13.5. The number of halogens is 1. The van der Waals surface area contributed by atoms with Gasteiger partial charge in [0.05, 0.1) is 5.69 Å². The summed E-state index contributed by atoms with van der Waals surface area (Å²) in [4.78, 5) is 28.2. The smallest absolute Gasteiger partial charge is 0.267 e. The number of anilines is 1. The molecule has 3 rings (SSSR count). The summed E-state index contributed by atoms with van der Waals surface area (Å²) >= 11 is 6.03. The van der Waals surface area contributed by atoms with Gasteiger partial charge in [0, 0.05) is 43.0 Å². The molecule has 126 valence electrons. The van der Waals surface area contributed by atoms with Gasteiger partial charge in [0.15, 0.2) is 0 Å². The average molecular weight is 347 g/mol. The van der Waals surface area contributed by atoms with E-state index in [1.807, 2.05) is 24.3 Å². The van der Waals surface area contributed by atoms with E-state index < -0.39 is 0 Å². The number of carbonyl (C=O) groups excluding carboxylic acids is 1. The highest BCUT2D eigenvalue weighted by Gasteiger charge is 2.22. The number of amides is 1. The van der Waals surface area contributed by atoms with E-state index in [1.54, 1.807) is 17.9 Å². The average Bonchev–Trinajstić information content (AvgIpc) is 2.58. The zero-order chi connectivity index (χ0) is 17.1. The summed E-state index contributed by atoms with van der Waals surface area (Å²) < 4.78 is 1.22. The highest BCUT2D eigenvalue weighted by Crippen LogP contribution is 2.20. The Bertz CT molecular complexity index is 797. The van der Waals surface area contributed by atoms with Gasteiger partial charge in [0.25, 0.3) is 5.56 Å². The molecule has 0 N–H and O–H groups in total. The van der Waals surface area contributed by atoms with Crippen molar-refractivity contribution in [1.29, 1.82) is 0 Å². The van der Waals surface area contributed by atoms with Crippen LogP contribution in [0, 0.1) is 6.92 Å². The van der Waals surface area contributed by atoms with Crippen LogP contribution in [0.25, 0.3) is 0 Å². The Morgan fingerprint density at radius 1 is 1.17 bits per heavy atom. The number of nitrogens with zero attached hydrogens (tertiary/aromatic N) is 4. The summed E-state index contributed by atoms with van der Waals surface area (Å²) in [5, 5.41) is 4.82.